The van der Waals surface area contributed by atoms with Crippen LogP contribution in [0.25, 0.3) is 85.9 Å². The van der Waals surface area contributed by atoms with Gasteiger partial charge in [-0.05, 0) is 81.4 Å². The summed E-state index contributed by atoms with van der Waals surface area (Å²) in [5.41, 5.74) is 9.73. The summed E-state index contributed by atoms with van der Waals surface area (Å²) in [5, 5.41) is 9.66. The van der Waals surface area contributed by atoms with Crippen LogP contribution in [0.1, 0.15) is 0 Å². The maximum atomic E-state index is 6.88. The number of thiophene rings is 1. The highest BCUT2D eigenvalue weighted by molar-refractivity contribution is 7.25. The first-order valence-corrected chi connectivity index (χ1v) is 18.8. The van der Waals surface area contributed by atoms with Crippen LogP contribution in [0.15, 0.2) is 192 Å². The minimum absolute atomic E-state index is 0.879. The highest BCUT2D eigenvalue weighted by atomic mass is 32.1. The first-order valence-electron chi connectivity index (χ1n) is 18.0. The molecule has 2 aromatic heterocycles. The minimum atomic E-state index is 0.879. The fourth-order valence-corrected chi connectivity index (χ4v) is 9.33. The van der Waals surface area contributed by atoms with Gasteiger partial charge in [-0.1, -0.05) is 140 Å². The van der Waals surface area contributed by atoms with Crippen molar-refractivity contribution in [2.75, 3.05) is 4.90 Å². The van der Waals surface area contributed by atoms with Gasteiger partial charge in [0.2, 0.25) is 0 Å². The van der Waals surface area contributed by atoms with Gasteiger partial charge in [0.1, 0.15) is 11.2 Å². The van der Waals surface area contributed by atoms with Gasteiger partial charge in [0, 0.05) is 53.3 Å². The third-order valence-corrected chi connectivity index (χ3v) is 11.8. The second-order valence-corrected chi connectivity index (χ2v) is 14.7. The lowest BCUT2D eigenvalue weighted by Crippen LogP contribution is -2.11. The van der Waals surface area contributed by atoms with Crippen molar-refractivity contribution in [2.45, 2.75) is 0 Å². The van der Waals surface area contributed by atoms with E-state index in [1.807, 2.05) is 11.3 Å². The van der Waals surface area contributed by atoms with Crippen molar-refractivity contribution in [1.82, 2.24) is 0 Å². The summed E-state index contributed by atoms with van der Waals surface area (Å²) in [7, 11) is 0. The molecule has 3 heteroatoms. The summed E-state index contributed by atoms with van der Waals surface area (Å²) >= 11 is 1.86. The molecule has 0 radical (unpaired) electrons. The number of nitrogens with zero attached hydrogens (tertiary/aromatic N) is 1. The van der Waals surface area contributed by atoms with Gasteiger partial charge < -0.3 is 9.32 Å². The van der Waals surface area contributed by atoms with Crippen molar-refractivity contribution in [2.24, 2.45) is 0 Å². The summed E-state index contributed by atoms with van der Waals surface area (Å²) in [4.78, 5) is 2.39. The molecular weight excluding hydrogens is 663 g/mol. The van der Waals surface area contributed by atoms with E-state index in [-0.39, 0.29) is 0 Å². The van der Waals surface area contributed by atoms with E-state index in [2.05, 4.69) is 193 Å². The summed E-state index contributed by atoms with van der Waals surface area (Å²) < 4.78 is 9.52. The molecule has 0 bridgehead atoms. The van der Waals surface area contributed by atoms with Crippen LogP contribution in [-0.4, -0.2) is 0 Å². The molecule has 0 amide bonds. The van der Waals surface area contributed by atoms with Crippen LogP contribution in [0.4, 0.5) is 17.1 Å². The average molecular weight is 694 g/mol. The fraction of sp³-hybridized carbons (Fsp3) is 0. The van der Waals surface area contributed by atoms with E-state index in [9.17, 15) is 0 Å². The molecule has 9 aromatic carbocycles. The number of furan rings is 1. The Balaban J connectivity index is 1.14. The number of fused-ring (bicyclic) bond motifs is 11. The van der Waals surface area contributed by atoms with Crippen LogP contribution < -0.4 is 4.90 Å². The SMILES string of the molecule is c1ccc(-c2cc3oc4c5ccccc5c5ccccc5c4c3cc2N(c2ccccc2)c2ccc(-c3ccc4c(c3)sc3ccccc34)cc2)cc1. The zero-order chi connectivity index (χ0) is 34.9. The monoisotopic (exact) mass is 693 g/mol. The molecule has 0 aliphatic carbocycles. The zero-order valence-electron chi connectivity index (χ0n) is 28.7. The van der Waals surface area contributed by atoms with Gasteiger partial charge in [-0.15, -0.1) is 11.3 Å². The lowest BCUT2D eigenvalue weighted by Gasteiger charge is -2.28. The highest BCUT2D eigenvalue weighted by Gasteiger charge is 2.23. The number of anilines is 3. The molecule has 2 nitrogen and oxygen atoms in total. The second kappa shape index (κ2) is 11.9. The lowest BCUT2D eigenvalue weighted by molar-refractivity contribution is 0.673. The maximum absolute atomic E-state index is 6.88. The fourth-order valence-electron chi connectivity index (χ4n) is 8.19. The topological polar surface area (TPSA) is 16.4 Å². The van der Waals surface area contributed by atoms with E-state index in [0.717, 1.165) is 55.5 Å². The van der Waals surface area contributed by atoms with Crippen LogP contribution >= 0.6 is 11.3 Å². The molecule has 2 heterocycles. The van der Waals surface area contributed by atoms with Crippen molar-refractivity contribution in [3.05, 3.63) is 188 Å². The summed E-state index contributed by atoms with van der Waals surface area (Å²) in [6.07, 6.45) is 0. The molecular formula is C50H31NOS. The van der Waals surface area contributed by atoms with E-state index >= 15 is 0 Å². The van der Waals surface area contributed by atoms with Gasteiger partial charge in [0.15, 0.2) is 0 Å². The highest BCUT2D eigenvalue weighted by Crippen LogP contribution is 2.48. The molecule has 0 aliphatic heterocycles. The first kappa shape index (κ1) is 30.0. The minimum Gasteiger partial charge on any atom is -0.455 e. The number of benzene rings is 9. The molecule has 0 saturated heterocycles. The average Bonchev–Trinajstić information content (AvgIpc) is 3.80. The van der Waals surface area contributed by atoms with Crippen molar-refractivity contribution >= 4 is 92.1 Å². The molecule has 53 heavy (non-hydrogen) atoms. The van der Waals surface area contributed by atoms with Gasteiger partial charge in [0.25, 0.3) is 0 Å². The van der Waals surface area contributed by atoms with E-state index in [1.54, 1.807) is 0 Å². The Labute approximate surface area is 310 Å². The molecule has 0 saturated carbocycles. The van der Waals surface area contributed by atoms with Crippen LogP contribution in [-0.2, 0) is 0 Å². The van der Waals surface area contributed by atoms with Crippen molar-refractivity contribution in [1.29, 1.82) is 0 Å². The largest absolute Gasteiger partial charge is 0.455 e. The van der Waals surface area contributed by atoms with Crippen LogP contribution in [0.2, 0.25) is 0 Å². The van der Waals surface area contributed by atoms with Crippen molar-refractivity contribution in [3.63, 3.8) is 0 Å². The van der Waals surface area contributed by atoms with E-state index in [0.29, 0.717) is 0 Å². The Kier molecular flexibility index (Phi) is 6.76. The van der Waals surface area contributed by atoms with Crippen LogP contribution in [0.3, 0.4) is 0 Å². The predicted octanol–water partition coefficient (Wildman–Crippen LogP) is 15.1. The molecule has 0 N–H and O–H groups in total. The predicted molar refractivity (Wildman–Crippen MR) is 227 cm³/mol. The third-order valence-electron chi connectivity index (χ3n) is 10.6. The number of hydrogen-bond donors (Lipinski definition) is 0. The molecule has 0 aliphatic rings. The summed E-state index contributed by atoms with van der Waals surface area (Å²) in [6.45, 7) is 0. The molecule has 11 rings (SSSR count). The zero-order valence-corrected chi connectivity index (χ0v) is 29.5. The number of rotatable bonds is 5. The second-order valence-electron chi connectivity index (χ2n) is 13.7. The van der Waals surface area contributed by atoms with Gasteiger partial charge in [0.05, 0.1) is 5.69 Å². The third kappa shape index (κ3) is 4.78. The number of hydrogen-bond acceptors (Lipinski definition) is 3. The summed E-state index contributed by atoms with van der Waals surface area (Å²) in [5.74, 6) is 0. The molecule has 248 valence electrons. The van der Waals surface area contributed by atoms with Crippen LogP contribution in [0, 0.1) is 0 Å². The lowest BCUT2D eigenvalue weighted by atomic mass is 9.95. The Bertz CT molecular complexity index is 3160. The molecule has 0 atom stereocenters. The molecule has 0 fully saturated rings. The Morgan fingerprint density at radius 3 is 1.74 bits per heavy atom. The van der Waals surface area contributed by atoms with Crippen molar-refractivity contribution in [3.8, 4) is 22.3 Å². The van der Waals surface area contributed by atoms with Crippen LogP contribution in [0.5, 0.6) is 0 Å². The Morgan fingerprint density at radius 1 is 0.377 bits per heavy atom. The van der Waals surface area contributed by atoms with E-state index < -0.39 is 0 Å². The first-order chi connectivity index (χ1) is 26.3. The molecule has 0 spiro atoms. The summed E-state index contributed by atoms with van der Waals surface area (Å²) in [6, 6.07) is 67.8. The molecule has 0 unspecified atom stereocenters. The van der Waals surface area contributed by atoms with E-state index in [4.69, 9.17) is 4.42 Å². The van der Waals surface area contributed by atoms with Gasteiger partial charge in [-0.25, -0.2) is 0 Å². The normalized spacial score (nSPS) is 11.8. The number of para-hydroxylation sites is 1. The van der Waals surface area contributed by atoms with Gasteiger partial charge in [-0.2, -0.15) is 0 Å². The smallest absolute Gasteiger partial charge is 0.143 e. The standard InChI is InChI=1S/C50H31NOS/c1-3-13-33(14-4-1)43-31-46-44(49-41-20-9-7-17-37(41)38-18-8-10-21-42(38)50(49)52-46)30-45(43)51(35-15-5-2-6-16-35)36-26-23-32(24-27-36)34-25-28-40-39-19-11-12-22-47(39)53-48(40)29-34/h1-31H. The van der Waals surface area contributed by atoms with Crippen molar-refractivity contribution < 1.29 is 4.42 Å². The van der Waals surface area contributed by atoms with Gasteiger partial charge >= 0.3 is 0 Å². The maximum Gasteiger partial charge on any atom is 0.143 e. The quantitative estimate of drug-likeness (QED) is 0.167. The Morgan fingerprint density at radius 2 is 0.962 bits per heavy atom. The van der Waals surface area contributed by atoms with E-state index in [1.165, 1.54) is 47.5 Å². The van der Waals surface area contributed by atoms with Gasteiger partial charge in [-0.3, -0.25) is 0 Å². The molecule has 11 aromatic rings. The Hall–Kier alpha value is -6.68.